The molecule has 1 aliphatic rings. The molecule has 0 bridgehead atoms. The fourth-order valence-electron chi connectivity index (χ4n) is 3.22. The van der Waals surface area contributed by atoms with Gasteiger partial charge in [0.1, 0.15) is 18.1 Å². The van der Waals surface area contributed by atoms with Crippen LogP contribution in [-0.2, 0) is 15.1 Å². The SMILES string of the molecule is O=COCCN1CCC(O)(c2ccccc2Oc2ccc(Cl)cc2)CC1. The Labute approximate surface area is 158 Å². The normalized spacial score (nSPS) is 16.8. The third-order valence-corrected chi connectivity index (χ3v) is 4.96. The van der Waals surface area contributed by atoms with E-state index < -0.39 is 5.60 Å². The quantitative estimate of drug-likeness (QED) is 0.592. The maximum atomic E-state index is 11.2. The number of para-hydroxylation sites is 1. The Kier molecular flexibility index (Phi) is 6.14. The standard InChI is InChI=1S/C20H22ClNO4/c21-16-5-7-17(8-6-16)26-19-4-2-1-3-18(19)20(24)9-11-22(12-10-20)13-14-25-15-23/h1-8,15,24H,9-14H2. The molecule has 1 fully saturated rings. The molecule has 1 heterocycles. The van der Waals surface area contributed by atoms with E-state index in [4.69, 9.17) is 21.1 Å². The van der Waals surface area contributed by atoms with Crippen molar-refractivity contribution in [2.45, 2.75) is 18.4 Å². The zero-order chi connectivity index (χ0) is 18.4. The van der Waals surface area contributed by atoms with Crippen LogP contribution in [0.3, 0.4) is 0 Å². The van der Waals surface area contributed by atoms with Gasteiger partial charge < -0.3 is 14.6 Å². The zero-order valence-electron chi connectivity index (χ0n) is 14.4. The molecule has 0 spiro atoms. The van der Waals surface area contributed by atoms with E-state index in [-0.39, 0.29) is 0 Å². The Morgan fingerprint density at radius 2 is 1.81 bits per heavy atom. The molecule has 138 valence electrons. The summed E-state index contributed by atoms with van der Waals surface area (Å²) in [6, 6.07) is 14.7. The fourth-order valence-corrected chi connectivity index (χ4v) is 3.34. The van der Waals surface area contributed by atoms with E-state index in [1.165, 1.54) is 0 Å². The molecular formula is C20H22ClNO4. The molecule has 1 aliphatic heterocycles. The number of ether oxygens (including phenoxy) is 2. The lowest BCUT2D eigenvalue weighted by Gasteiger charge is -2.39. The number of hydrogen-bond acceptors (Lipinski definition) is 5. The Morgan fingerprint density at radius 1 is 1.12 bits per heavy atom. The van der Waals surface area contributed by atoms with Crippen molar-refractivity contribution in [1.29, 1.82) is 0 Å². The van der Waals surface area contributed by atoms with Crippen molar-refractivity contribution in [2.24, 2.45) is 0 Å². The summed E-state index contributed by atoms with van der Waals surface area (Å²) in [5.41, 5.74) is -0.149. The summed E-state index contributed by atoms with van der Waals surface area (Å²) in [6.07, 6.45) is 1.18. The van der Waals surface area contributed by atoms with Crippen molar-refractivity contribution >= 4 is 18.1 Å². The molecule has 0 unspecified atom stereocenters. The van der Waals surface area contributed by atoms with Crippen LogP contribution >= 0.6 is 11.6 Å². The van der Waals surface area contributed by atoms with Crippen molar-refractivity contribution in [3.8, 4) is 11.5 Å². The molecular weight excluding hydrogens is 354 g/mol. The third-order valence-electron chi connectivity index (χ3n) is 4.71. The van der Waals surface area contributed by atoms with Crippen LogP contribution in [0.4, 0.5) is 0 Å². The smallest absolute Gasteiger partial charge is 0.293 e. The van der Waals surface area contributed by atoms with Gasteiger partial charge in [0.25, 0.3) is 6.47 Å². The highest BCUT2D eigenvalue weighted by atomic mass is 35.5. The molecule has 0 atom stereocenters. The van der Waals surface area contributed by atoms with Crippen molar-refractivity contribution in [3.63, 3.8) is 0 Å². The maximum absolute atomic E-state index is 11.2. The second-order valence-corrected chi connectivity index (χ2v) is 6.83. The van der Waals surface area contributed by atoms with Gasteiger partial charge in [0.05, 0.1) is 5.60 Å². The monoisotopic (exact) mass is 375 g/mol. The first kappa shape index (κ1) is 18.7. The van der Waals surface area contributed by atoms with E-state index in [0.717, 1.165) is 18.7 Å². The molecule has 1 saturated heterocycles. The molecule has 0 aliphatic carbocycles. The van der Waals surface area contributed by atoms with E-state index in [1.54, 1.807) is 24.3 Å². The van der Waals surface area contributed by atoms with Gasteiger partial charge in [0.15, 0.2) is 0 Å². The Hall–Kier alpha value is -2.08. The summed E-state index contributed by atoms with van der Waals surface area (Å²) in [7, 11) is 0. The molecule has 0 radical (unpaired) electrons. The number of likely N-dealkylation sites (tertiary alicyclic amines) is 1. The minimum Gasteiger partial charge on any atom is -0.467 e. The van der Waals surface area contributed by atoms with Gasteiger partial charge >= 0.3 is 0 Å². The number of carbonyl (C=O) groups is 1. The predicted octanol–water partition coefficient (Wildman–Crippen LogP) is 3.59. The third kappa shape index (κ3) is 4.55. The highest BCUT2D eigenvalue weighted by Crippen LogP contribution is 2.39. The van der Waals surface area contributed by atoms with Crippen LogP contribution in [0.5, 0.6) is 11.5 Å². The Morgan fingerprint density at radius 3 is 2.50 bits per heavy atom. The van der Waals surface area contributed by atoms with Crippen molar-refractivity contribution < 1.29 is 19.4 Å². The molecule has 3 rings (SSSR count). The van der Waals surface area contributed by atoms with Gasteiger partial charge in [-0.3, -0.25) is 9.69 Å². The van der Waals surface area contributed by atoms with Gasteiger partial charge in [0.2, 0.25) is 0 Å². The highest BCUT2D eigenvalue weighted by molar-refractivity contribution is 6.30. The molecule has 2 aromatic carbocycles. The summed E-state index contributed by atoms with van der Waals surface area (Å²) in [6.45, 7) is 2.97. The number of halogens is 1. The van der Waals surface area contributed by atoms with Gasteiger partial charge in [0, 0.05) is 30.2 Å². The van der Waals surface area contributed by atoms with Gasteiger partial charge in [-0.1, -0.05) is 29.8 Å². The number of carbonyl (C=O) groups excluding carboxylic acids is 1. The predicted molar refractivity (Wildman–Crippen MR) is 99.6 cm³/mol. The Bertz CT molecular complexity index is 727. The van der Waals surface area contributed by atoms with Gasteiger partial charge in [-0.05, 0) is 43.2 Å². The highest BCUT2D eigenvalue weighted by Gasteiger charge is 2.36. The topological polar surface area (TPSA) is 59.0 Å². The van der Waals surface area contributed by atoms with Crippen LogP contribution in [0.15, 0.2) is 48.5 Å². The summed E-state index contributed by atoms with van der Waals surface area (Å²) in [4.78, 5) is 12.4. The molecule has 1 N–H and O–H groups in total. The average molecular weight is 376 g/mol. The lowest BCUT2D eigenvalue weighted by Crippen LogP contribution is -2.43. The summed E-state index contributed by atoms with van der Waals surface area (Å²) in [5, 5.41) is 11.9. The number of rotatable bonds is 7. The largest absolute Gasteiger partial charge is 0.467 e. The van der Waals surface area contributed by atoms with Gasteiger partial charge in [-0.25, -0.2) is 0 Å². The van der Waals surface area contributed by atoms with Crippen LogP contribution in [0.25, 0.3) is 0 Å². The number of hydrogen-bond donors (Lipinski definition) is 1. The zero-order valence-corrected chi connectivity index (χ0v) is 15.2. The number of aliphatic hydroxyl groups is 1. The van der Waals surface area contributed by atoms with Crippen molar-refractivity contribution in [3.05, 3.63) is 59.1 Å². The van der Waals surface area contributed by atoms with Crippen LogP contribution in [0.1, 0.15) is 18.4 Å². The average Bonchev–Trinajstić information content (AvgIpc) is 2.66. The lowest BCUT2D eigenvalue weighted by molar-refractivity contribution is -0.129. The molecule has 26 heavy (non-hydrogen) atoms. The van der Waals surface area contributed by atoms with Crippen LogP contribution in [0.2, 0.25) is 5.02 Å². The minimum atomic E-state index is -0.939. The minimum absolute atomic E-state index is 0.373. The molecule has 0 amide bonds. The molecule has 5 nitrogen and oxygen atoms in total. The fraction of sp³-hybridized carbons (Fsp3) is 0.350. The first-order valence-electron chi connectivity index (χ1n) is 8.64. The molecule has 6 heteroatoms. The van der Waals surface area contributed by atoms with Crippen molar-refractivity contribution in [2.75, 3.05) is 26.2 Å². The summed E-state index contributed by atoms with van der Waals surface area (Å²) in [5.74, 6) is 1.32. The second kappa shape index (κ2) is 8.54. The Balaban J connectivity index is 1.71. The first-order chi connectivity index (χ1) is 12.6. The number of benzene rings is 2. The molecule has 0 saturated carbocycles. The van der Waals surface area contributed by atoms with E-state index in [0.29, 0.717) is 49.0 Å². The van der Waals surface area contributed by atoms with E-state index in [1.807, 2.05) is 24.3 Å². The van der Waals surface area contributed by atoms with E-state index >= 15 is 0 Å². The summed E-state index contributed by atoms with van der Waals surface area (Å²) < 4.78 is 10.8. The van der Waals surface area contributed by atoms with Crippen LogP contribution in [-0.4, -0.2) is 42.7 Å². The van der Waals surface area contributed by atoms with Crippen LogP contribution < -0.4 is 4.74 Å². The van der Waals surface area contributed by atoms with E-state index in [2.05, 4.69) is 4.90 Å². The van der Waals surface area contributed by atoms with Gasteiger partial charge in [-0.2, -0.15) is 0 Å². The van der Waals surface area contributed by atoms with Crippen molar-refractivity contribution in [1.82, 2.24) is 4.90 Å². The lowest BCUT2D eigenvalue weighted by atomic mass is 9.84. The molecule has 0 aromatic heterocycles. The summed E-state index contributed by atoms with van der Waals surface area (Å²) >= 11 is 5.92. The maximum Gasteiger partial charge on any atom is 0.293 e. The van der Waals surface area contributed by atoms with Crippen LogP contribution in [0, 0.1) is 0 Å². The van der Waals surface area contributed by atoms with E-state index in [9.17, 15) is 9.90 Å². The molecule has 2 aromatic rings. The first-order valence-corrected chi connectivity index (χ1v) is 9.01. The van der Waals surface area contributed by atoms with Gasteiger partial charge in [-0.15, -0.1) is 0 Å². The number of piperidine rings is 1. The second-order valence-electron chi connectivity index (χ2n) is 6.39. The number of nitrogens with zero attached hydrogens (tertiary/aromatic N) is 1.